The number of carbonyl (C=O) groups is 2. The van der Waals surface area contributed by atoms with Gasteiger partial charge in [0.1, 0.15) is 6.04 Å². The monoisotopic (exact) mass is 400 g/mol. The van der Waals surface area contributed by atoms with Gasteiger partial charge in [-0.1, -0.05) is 42.5 Å². The maximum Gasteiger partial charge on any atom is 0.255 e. The fourth-order valence-electron chi connectivity index (χ4n) is 3.04. The first kappa shape index (κ1) is 19.3. The second-order valence-electron chi connectivity index (χ2n) is 6.75. The summed E-state index contributed by atoms with van der Waals surface area (Å²) in [5, 5.41) is 13.1. The molecular formula is C22H20N6O2. The first-order chi connectivity index (χ1) is 14.6. The van der Waals surface area contributed by atoms with Crippen LogP contribution in [0.1, 0.15) is 27.5 Å². The lowest BCUT2D eigenvalue weighted by Gasteiger charge is -2.13. The number of hydrogen-bond acceptors (Lipinski definition) is 5. The van der Waals surface area contributed by atoms with Crippen LogP contribution < -0.4 is 16.4 Å². The van der Waals surface area contributed by atoms with Crippen LogP contribution in [0.2, 0.25) is 0 Å². The van der Waals surface area contributed by atoms with Gasteiger partial charge in [-0.3, -0.25) is 14.7 Å². The summed E-state index contributed by atoms with van der Waals surface area (Å²) in [6, 6.07) is 17.1. The van der Waals surface area contributed by atoms with E-state index in [0.717, 1.165) is 10.9 Å². The Morgan fingerprint density at radius 1 is 1.03 bits per heavy atom. The van der Waals surface area contributed by atoms with Gasteiger partial charge in [0, 0.05) is 18.3 Å². The van der Waals surface area contributed by atoms with Crippen LogP contribution in [0, 0.1) is 0 Å². The molecule has 8 nitrogen and oxygen atoms in total. The molecule has 150 valence electrons. The Balaban J connectivity index is 1.39. The standard InChI is InChI=1S/C22H20N6O2/c23-19(22(30)25-12-14-4-2-1-3-5-14)15-6-8-16(9-7-15)21(29)27-18-10-11-24-20-17(18)13-26-28-20/h1-11,13,19H,12,23H2,(H,25,30)(H2,24,26,27,28,29). The highest BCUT2D eigenvalue weighted by atomic mass is 16.2. The third-order valence-corrected chi connectivity index (χ3v) is 4.73. The molecule has 0 saturated heterocycles. The molecule has 0 radical (unpaired) electrons. The summed E-state index contributed by atoms with van der Waals surface area (Å²) in [5.41, 5.74) is 9.34. The van der Waals surface area contributed by atoms with Crippen LogP contribution in [0.3, 0.4) is 0 Å². The van der Waals surface area contributed by atoms with E-state index in [1.165, 1.54) is 0 Å². The van der Waals surface area contributed by atoms with E-state index < -0.39 is 6.04 Å². The minimum atomic E-state index is -0.823. The van der Waals surface area contributed by atoms with E-state index in [9.17, 15) is 9.59 Å². The van der Waals surface area contributed by atoms with E-state index in [0.29, 0.717) is 29.0 Å². The van der Waals surface area contributed by atoms with E-state index in [4.69, 9.17) is 5.73 Å². The van der Waals surface area contributed by atoms with Gasteiger partial charge in [0.05, 0.1) is 17.3 Å². The number of rotatable bonds is 6. The van der Waals surface area contributed by atoms with Gasteiger partial charge in [-0.05, 0) is 29.3 Å². The topological polar surface area (TPSA) is 126 Å². The number of fused-ring (bicyclic) bond motifs is 1. The number of aromatic amines is 1. The van der Waals surface area contributed by atoms with Crippen molar-refractivity contribution in [1.82, 2.24) is 20.5 Å². The maximum atomic E-state index is 12.6. The molecule has 2 heterocycles. The van der Waals surface area contributed by atoms with Crippen LogP contribution in [0.15, 0.2) is 73.1 Å². The van der Waals surface area contributed by atoms with Crippen molar-refractivity contribution in [2.24, 2.45) is 5.73 Å². The molecule has 2 aromatic carbocycles. The van der Waals surface area contributed by atoms with Crippen molar-refractivity contribution in [1.29, 1.82) is 0 Å². The van der Waals surface area contributed by atoms with E-state index in [1.54, 1.807) is 42.7 Å². The Kier molecular flexibility index (Phi) is 5.49. The zero-order valence-corrected chi connectivity index (χ0v) is 16.0. The second kappa shape index (κ2) is 8.54. The average Bonchev–Trinajstić information content (AvgIpc) is 3.28. The average molecular weight is 400 g/mol. The number of anilines is 1. The van der Waals surface area contributed by atoms with Gasteiger partial charge < -0.3 is 16.4 Å². The molecule has 4 aromatic rings. The molecule has 30 heavy (non-hydrogen) atoms. The number of aromatic nitrogens is 3. The van der Waals surface area contributed by atoms with E-state index >= 15 is 0 Å². The van der Waals surface area contributed by atoms with Crippen LogP contribution in [-0.4, -0.2) is 27.0 Å². The second-order valence-corrected chi connectivity index (χ2v) is 6.75. The van der Waals surface area contributed by atoms with E-state index in [1.807, 2.05) is 30.3 Å². The molecule has 8 heteroatoms. The molecule has 5 N–H and O–H groups in total. The summed E-state index contributed by atoms with van der Waals surface area (Å²) in [5.74, 6) is -0.562. The van der Waals surface area contributed by atoms with Crippen molar-refractivity contribution >= 4 is 28.5 Å². The third-order valence-electron chi connectivity index (χ3n) is 4.73. The van der Waals surface area contributed by atoms with Crippen molar-refractivity contribution < 1.29 is 9.59 Å². The molecule has 2 aromatic heterocycles. The number of carbonyl (C=O) groups excluding carboxylic acids is 2. The largest absolute Gasteiger partial charge is 0.350 e. The quantitative estimate of drug-likeness (QED) is 0.396. The minimum absolute atomic E-state index is 0.280. The summed E-state index contributed by atoms with van der Waals surface area (Å²) in [6.45, 7) is 0.405. The van der Waals surface area contributed by atoms with Crippen molar-refractivity contribution in [3.8, 4) is 0 Å². The smallest absolute Gasteiger partial charge is 0.255 e. The predicted molar refractivity (Wildman–Crippen MR) is 114 cm³/mol. The summed E-state index contributed by atoms with van der Waals surface area (Å²) in [4.78, 5) is 29.1. The molecule has 0 aliphatic rings. The first-order valence-electron chi connectivity index (χ1n) is 9.38. The molecule has 2 amide bonds. The first-order valence-corrected chi connectivity index (χ1v) is 9.38. The number of amides is 2. The summed E-state index contributed by atoms with van der Waals surface area (Å²) in [7, 11) is 0. The molecule has 1 unspecified atom stereocenters. The van der Waals surface area contributed by atoms with Crippen molar-refractivity contribution in [3.05, 3.63) is 89.7 Å². The van der Waals surface area contributed by atoms with Gasteiger partial charge in [0.15, 0.2) is 5.65 Å². The van der Waals surface area contributed by atoms with Gasteiger partial charge in [-0.25, -0.2) is 4.98 Å². The van der Waals surface area contributed by atoms with Crippen LogP contribution in [-0.2, 0) is 11.3 Å². The van der Waals surface area contributed by atoms with Gasteiger partial charge in [-0.2, -0.15) is 5.10 Å². The van der Waals surface area contributed by atoms with Crippen LogP contribution in [0.4, 0.5) is 5.69 Å². The molecule has 0 aliphatic heterocycles. The summed E-state index contributed by atoms with van der Waals surface area (Å²) < 4.78 is 0. The molecule has 0 fully saturated rings. The van der Waals surface area contributed by atoms with Gasteiger partial charge in [-0.15, -0.1) is 0 Å². The van der Waals surface area contributed by atoms with Gasteiger partial charge in [0.2, 0.25) is 5.91 Å². The maximum absolute atomic E-state index is 12.6. The Morgan fingerprint density at radius 3 is 2.57 bits per heavy atom. The zero-order chi connectivity index (χ0) is 20.9. The SMILES string of the molecule is NC(C(=O)NCc1ccccc1)c1ccc(C(=O)Nc2ccnc3[nH]ncc23)cc1. The Labute approximate surface area is 172 Å². The number of nitrogens with two attached hydrogens (primary N) is 1. The van der Waals surface area contributed by atoms with Crippen molar-refractivity contribution in [2.45, 2.75) is 12.6 Å². The van der Waals surface area contributed by atoms with Crippen LogP contribution in [0.25, 0.3) is 11.0 Å². The fourth-order valence-corrected chi connectivity index (χ4v) is 3.04. The van der Waals surface area contributed by atoms with Gasteiger partial charge >= 0.3 is 0 Å². The minimum Gasteiger partial charge on any atom is -0.350 e. The van der Waals surface area contributed by atoms with Crippen molar-refractivity contribution in [2.75, 3.05) is 5.32 Å². The highest BCUT2D eigenvalue weighted by Gasteiger charge is 2.16. The number of pyridine rings is 1. The lowest BCUT2D eigenvalue weighted by atomic mass is 10.0. The van der Waals surface area contributed by atoms with Crippen molar-refractivity contribution in [3.63, 3.8) is 0 Å². The van der Waals surface area contributed by atoms with Crippen LogP contribution >= 0.6 is 0 Å². The highest BCUT2D eigenvalue weighted by molar-refractivity contribution is 6.08. The lowest BCUT2D eigenvalue weighted by Crippen LogP contribution is -2.33. The predicted octanol–water partition coefficient (Wildman–Crippen LogP) is 2.53. The lowest BCUT2D eigenvalue weighted by molar-refractivity contribution is -0.122. The van der Waals surface area contributed by atoms with E-state index in [2.05, 4.69) is 25.8 Å². The number of nitrogens with one attached hydrogen (secondary N) is 3. The van der Waals surface area contributed by atoms with Crippen LogP contribution in [0.5, 0.6) is 0 Å². The normalized spacial score (nSPS) is 11.8. The summed E-state index contributed by atoms with van der Waals surface area (Å²) in [6.07, 6.45) is 3.19. The number of benzene rings is 2. The molecular weight excluding hydrogens is 380 g/mol. The molecule has 1 atom stereocenters. The van der Waals surface area contributed by atoms with E-state index in [-0.39, 0.29) is 11.8 Å². The number of nitrogens with zero attached hydrogens (tertiary/aromatic N) is 2. The van der Waals surface area contributed by atoms with Gasteiger partial charge in [0.25, 0.3) is 5.91 Å². The molecule has 0 saturated carbocycles. The fraction of sp³-hybridized carbons (Fsp3) is 0.0909. The molecule has 0 spiro atoms. The Hall–Kier alpha value is -4.04. The highest BCUT2D eigenvalue weighted by Crippen LogP contribution is 2.20. The Morgan fingerprint density at radius 2 is 1.80 bits per heavy atom. The molecule has 0 aliphatic carbocycles. The third kappa shape index (κ3) is 4.18. The molecule has 0 bridgehead atoms. The molecule has 4 rings (SSSR count). The number of hydrogen-bond donors (Lipinski definition) is 4. The Bertz CT molecular complexity index is 1170. The zero-order valence-electron chi connectivity index (χ0n) is 16.0. The number of H-pyrrole nitrogens is 1. The summed E-state index contributed by atoms with van der Waals surface area (Å²) >= 11 is 0.